The minimum Gasteiger partial charge on any atom is -0.502 e. The van der Waals surface area contributed by atoms with Gasteiger partial charge in [-0.25, -0.2) is 4.90 Å². The van der Waals surface area contributed by atoms with Gasteiger partial charge in [-0.3, -0.25) is 9.59 Å². The van der Waals surface area contributed by atoms with E-state index in [9.17, 15) is 14.7 Å². The first-order valence-corrected chi connectivity index (χ1v) is 6.95. The number of aliphatic hydroxyl groups excluding tert-OH is 1. The molecule has 0 aromatic heterocycles. The fourth-order valence-corrected chi connectivity index (χ4v) is 2.53. The molecular weight excluding hydrogens is 278 g/mol. The van der Waals surface area contributed by atoms with E-state index in [1.165, 1.54) is 0 Å². The second kappa shape index (κ2) is 5.15. The zero-order valence-corrected chi connectivity index (χ0v) is 12.3. The Labute approximate surface area is 128 Å². The summed E-state index contributed by atoms with van der Waals surface area (Å²) in [7, 11) is 0. The first-order valence-electron chi connectivity index (χ1n) is 6.95. The van der Waals surface area contributed by atoms with Crippen molar-refractivity contribution in [3.05, 3.63) is 71.0 Å². The van der Waals surface area contributed by atoms with E-state index in [1.807, 2.05) is 38.1 Å². The Balaban J connectivity index is 2.08. The van der Waals surface area contributed by atoms with Crippen molar-refractivity contribution < 1.29 is 14.7 Å². The van der Waals surface area contributed by atoms with Crippen LogP contribution in [0.1, 0.15) is 16.7 Å². The number of imide groups is 1. The second-order valence-electron chi connectivity index (χ2n) is 5.32. The zero-order valence-electron chi connectivity index (χ0n) is 12.3. The Morgan fingerprint density at radius 2 is 1.50 bits per heavy atom. The van der Waals surface area contributed by atoms with Crippen molar-refractivity contribution in [2.24, 2.45) is 0 Å². The highest BCUT2D eigenvalue weighted by Gasteiger charge is 2.40. The number of amides is 2. The van der Waals surface area contributed by atoms with Crippen molar-refractivity contribution in [1.29, 1.82) is 0 Å². The topological polar surface area (TPSA) is 57.6 Å². The van der Waals surface area contributed by atoms with E-state index in [1.54, 1.807) is 24.3 Å². The first kappa shape index (κ1) is 14.1. The monoisotopic (exact) mass is 293 g/mol. The smallest absolute Gasteiger partial charge is 0.301 e. The normalized spacial score (nSPS) is 14.9. The van der Waals surface area contributed by atoms with Crippen molar-refractivity contribution in [3.63, 3.8) is 0 Å². The molecule has 0 spiro atoms. The summed E-state index contributed by atoms with van der Waals surface area (Å²) in [5.41, 5.74) is 2.91. The van der Waals surface area contributed by atoms with Gasteiger partial charge in [0.05, 0.1) is 11.3 Å². The van der Waals surface area contributed by atoms with E-state index in [-0.39, 0.29) is 5.57 Å². The number of benzene rings is 2. The van der Waals surface area contributed by atoms with Gasteiger partial charge in [0.25, 0.3) is 5.91 Å². The van der Waals surface area contributed by atoms with Gasteiger partial charge in [-0.05, 0) is 31.0 Å². The zero-order chi connectivity index (χ0) is 15.9. The molecule has 0 bridgehead atoms. The molecule has 0 fully saturated rings. The molecule has 22 heavy (non-hydrogen) atoms. The summed E-state index contributed by atoms with van der Waals surface area (Å²) in [6.07, 6.45) is 0. The van der Waals surface area contributed by atoms with Crippen LogP contribution in [0.3, 0.4) is 0 Å². The van der Waals surface area contributed by atoms with Crippen LogP contribution in [0.4, 0.5) is 5.69 Å². The molecule has 1 heterocycles. The lowest BCUT2D eigenvalue weighted by Gasteiger charge is -2.16. The molecule has 2 amide bonds. The molecule has 1 aliphatic heterocycles. The highest BCUT2D eigenvalue weighted by atomic mass is 16.3. The van der Waals surface area contributed by atoms with Crippen molar-refractivity contribution in [3.8, 4) is 0 Å². The number of nitrogens with zero attached hydrogens (tertiary/aromatic N) is 1. The molecule has 110 valence electrons. The molecule has 0 saturated heterocycles. The first-order chi connectivity index (χ1) is 10.5. The molecule has 0 radical (unpaired) electrons. The van der Waals surface area contributed by atoms with Gasteiger partial charge in [-0.1, -0.05) is 48.0 Å². The number of hydrogen-bond acceptors (Lipinski definition) is 3. The fraction of sp³-hybridized carbons (Fsp3) is 0.111. The van der Waals surface area contributed by atoms with Gasteiger partial charge in [0, 0.05) is 0 Å². The number of carbonyl (C=O) groups excluding carboxylic acids is 2. The lowest BCUT2D eigenvalue weighted by molar-refractivity contribution is -0.121. The summed E-state index contributed by atoms with van der Waals surface area (Å²) in [6, 6.07) is 14.2. The van der Waals surface area contributed by atoms with E-state index in [4.69, 9.17) is 0 Å². The van der Waals surface area contributed by atoms with Crippen LogP contribution in [0.5, 0.6) is 0 Å². The van der Waals surface area contributed by atoms with Gasteiger partial charge in [0.15, 0.2) is 5.76 Å². The van der Waals surface area contributed by atoms with Gasteiger partial charge in [-0.15, -0.1) is 0 Å². The summed E-state index contributed by atoms with van der Waals surface area (Å²) in [6.45, 7) is 3.75. The number of hydrogen-bond donors (Lipinski definition) is 1. The van der Waals surface area contributed by atoms with E-state index < -0.39 is 17.6 Å². The van der Waals surface area contributed by atoms with Crippen LogP contribution >= 0.6 is 0 Å². The number of carbonyl (C=O) groups is 2. The lowest BCUT2D eigenvalue weighted by atomic mass is 10.0. The third kappa shape index (κ3) is 2.09. The quantitative estimate of drug-likeness (QED) is 0.865. The summed E-state index contributed by atoms with van der Waals surface area (Å²) < 4.78 is 0. The van der Waals surface area contributed by atoms with Crippen molar-refractivity contribution >= 4 is 23.1 Å². The third-order valence-electron chi connectivity index (χ3n) is 3.76. The summed E-state index contributed by atoms with van der Waals surface area (Å²) >= 11 is 0. The molecule has 2 aromatic rings. The maximum atomic E-state index is 12.7. The SMILES string of the molecule is Cc1ccc(C2=C(O)C(=O)N(c3ccccc3C)C2=O)cc1. The Morgan fingerprint density at radius 1 is 0.864 bits per heavy atom. The highest BCUT2D eigenvalue weighted by Crippen LogP contribution is 2.33. The minimum absolute atomic E-state index is 0.0493. The molecule has 2 aromatic carbocycles. The fourth-order valence-electron chi connectivity index (χ4n) is 2.53. The summed E-state index contributed by atoms with van der Waals surface area (Å²) in [5, 5.41) is 10.1. The number of para-hydroxylation sites is 1. The summed E-state index contributed by atoms with van der Waals surface area (Å²) in [4.78, 5) is 26.0. The van der Waals surface area contributed by atoms with Crippen LogP contribution in [-0.4, -0.2) is 16.9 Å². The predicted octanol–water partition coefficient (Wildman–Crippen LogP) is 3.15. The number of anilines is 1. The molecule has 4 heteroatoms. The van der Waals surface area contributed by atoms with E-state index in [2.05, 4.69) is 0 Å². The Hall–Kier alpha value is -2.88. The molecule has 1 aliphatic rings. The number of rotatable bonds is 2. The van der Waals surface area contributed by atoms with Gasteiger partial charge < -0.3 is 5.11 Å². The van der Waals surface area contributed by atoms with Gasteiger partial charge in [0.1, 0.15) is 0 Å². The molecule has 0 unspecified atom stereocenters. The van der Waals surface area contributed by atoms with Crippen LogP contribution in [0.15, 0.2) is 54.3 Å². The second-order valence-corrected chi connectivity index (χ2v) is 5.32. The highest BCUT2D eigenvalue weighted by molar-refractivity contribution is 6.45. The molecular formula is C18H15NO3. The average molecular weight is 293 g/mol. The Bertz CT molecular complexity index is 803. The molecule has 0 atom stereocenters. The van der Waals surface area contributed by atoms with Crippen molar-refractivity contribution in [2.75, 3.05) is 4.90 Å². The molecule has 0 aliphatic carbocycles. The maximum absolute atomic E-state index is 12.7. The van der Waals surface area contributed by atoms with Crippen LogP contribution in [0.25, 0.3) is 5.57 Å². The minimum atomic E-state index is -0.685. The van der Waals surface area contributed by atoms with E-state index >= 15 is 0 Å². The largest absolute Gasteiger partial charge is 0.502 e. The predicted molar refractivity (Wildman–Crippen MR) is 84.4 cm³/mol. The maximum Gasteiger partial charge on any atom is 0.301 e. The number of aliphatic hydroxyl groups is 1. The van der Waals surface area contributed by atoms with Crippen molar-refractivity contribution in [1.82, 2.24) is 0 Å². The van der Waals surface area contributed by atoms with E-state index in [0.29, 0.717) is 11.3 Å². The van der Waals surface area contributed by atoms with Crippen LogP contribution in [0, 0.1) is 13.8 Å². The molecule has 0 saturated carbocycles. The Morgan fingerprint density at radius 3 is 2.14 bits per heavy atom. The van der Waals surface area contributed by atoms with Crippen LogP contribution in [-0.2, 0) is 9.59 Å². The van der Waals surface area contributed by atoms with Crippen molar-refractivity contribution in [2.45, 2.75) is 13.8 Å². The van der Waals surface area contributed by atoms with Gasteiger partial charge in [0.2, 0.25) is 0 Å². The standard InChI is InChI=1S/C18H15NO3/c1-11-7-9-13(10-8-11)15-16(20)18(22)19(17(15)21)14-6-4-3-5-12(14)2/h3-10,20H,1-2H3. The third-order valence-corrected chi connectivity index (χ3v) is 3.76. The Kier molecular flexibility index (Phi) is 3.29. The van der Waals surface area contributed by atoms with Gasteiger partial charge >= 0.3 is 5.91 Å². The molecule has 1 N–H and O–H groups in total. The lowest BCUT2D eigenvalue weighted by Crippen LogP contribution is -2.32. The molecule has 3 rings (SSSR count). The van der Waals surface area contributed by atoms with E-state index in [0.717, 1.165) is 16.0 Å². The molecule has 4 nitrogen and oxygen atoms in total. The summed E-state index contributed by atoms with van der Waals surface area (Å²) in [5.74, 6) is -1.69. The van der Waals surface area contributed by atoms with Crippen LogP contribution < -0.4 is 4.90 Å². The van der Waals surface area contributed by atoms with Gasteiger partial charge in [-0.2, -0.15) is 0 Å². The number of aryl methyl sites for hydroxylation is 2. The van der Waals surface area contributed by atoms with Crippen LogP contribution in [0.2, 0.25) is 0 Å². The average Bonchev–Trinajstić information content (AvgIpc) is 2.72.